The van der Waals surface area contributed by atoms with Crippen LogP contribution in [-0.4, -0.2) is 15.6 Å². The second-order valence-electron chi connectivity index (χ2n) is 3.86. The standard InChI is InChI=1S/C12H13NO2/c1-8-5-9(2)12-10(6-8)3-4-13(12)7-11(14)15/h3-6H,7H2,1-2H3,(H,14,15). The zero-order valence-corrected chi connectivity index (χ0v) is 8.82. The molecule has 0 unspecified atom stereocenters. The number of carboxylic acids is 1. The van der Waals surface area contributed by atoms with Gasteiger partial charge in [0.25, 0.3) is 0 Å². The molecule has 0 aliphatic heterocycles. The predicted molar refractivity (Wildman–Crippen MR) is 59.0 cm³/mol. The van der Waals surface area contributed by atoms with E-state index in [0.29, 0.717) is 0 Å². The number of nitrogens with zero attached hydrogens (tertiary/aromatic N) is 1. The van der Waals surface area contributed by atoms with Crippen LogP contribution in [0.2, 0.25) is 0 Å². The Morgan fingerprint density at radius 3 is 2.80 bits per heavy atom. The number of hydrogen-bond acceptors (Lipinski definition) is 1. The third-order valence-electron chi connectivity index (χ3n) is 2.50. The van der Waals surface area contributed by atoms with Crippen LogP contribution >= 0.6 is 0 Å². The maximum Gasteiger partial charge on any atom is 0.323 e. The Balaban J connectivity index is 2.63. The average molecular weight is 203 g/mol. The van der Waals surface area contributed by atoms with Gasteiger partial charge in [-0.15, -0.1) is 0 Å². The summed E-state index contributed by atoms with van der Waals surface area (Å²) in [7, 11) is 0. The number of rotatable bonds is 2. The zero-order chi connectivity index (χ0) is 11.0. The Morgan fingerprint density at radius 1 is 1.40 bits per heavy atom. The first-order valence-corrected chi connectivity index (χ1v) is 4.86. The molecule has 0 bridgehead atoms. The van der Waals surface area contributed by atoms with Crippen LogP contribution in [0.3, 0.4) is 0 Å². The van der Waals surface area contributed by atoms with Gasteiger partial charge in [-0.05, 0) is 31.5 Å². The molecule has 1 heterocycles. The number of aryl methyl sites for hydroxylation is 2. The van der Waals surface area contributed by atoms with Gasteiger partial charge in [0, 0.05) is 11.6 Å². The van der Waals surface area contributed by atoms with E-state index in [1.807, 2.05) is 26.1 Å². The molecule has 0 amide bonds. The first kappa shape index (κ1) is 9.77. The molecule has 1 aromatic carbocycles. The normalized spacial score (nSPS) is 10.8. The minimum Gasteiger partial charge on any atom is -0.480 e. The van der Waals surface area contributed by atoms with Crippen LogP contribution in [0.15, 0.2) is 24.4 Å². The molecule has 0 atom stereocenters. The van der Waals surface area contributed by atoms with Crippen molar-refractivity contribution in [3.63, 3.8) is 0 Å². The van der Waals surface area contributed by atoms with Gasteiger partial charge >= 0.3 is 5.97 Å². The summed E-state index contributed by atoms with van der Waals surface area (Å²) in [5, 5.41) is 9.87. The van der Waals surface area contributed by atoms with Gasteiger partial charge in [0.05, 0.1) is 5.52 Å². The Bertz CT molecular complexity index is 526. The van der Waals surface area contributed by atoms with Gasteiger partial charge in [-0.1, -0.05) is 11.6 Å². The predicted octanol–water partition coefficient (Wildman–Crippen LogP) is 2.34. The highest BCUT2D eigenvalue weighted by Gasteiger charge is 2.07. The largest absolute Gasteiger partial charge is 0.480 e. The number of aromatic nitrogens is 1. The lowest BCUT2D eigenvalue weighted by molar-refractivity contribution is -0.137. The maximum absolute atomic E-state index is 10.7. The first-order valence-electron chi connectivity index (χ1n) is 4.86. The molecule has 1 N–H and O–H groups in total. The van der Waals surface area contributed by atoms with Crippen LogP contribution in [0, 0.1) is 13.8 Å². The fraction of sp³-hybridized carbons (Fsp3) is 0.250. The summed E-state index contributed by atoms with van der Waals surface area (Å²) >= 11 is 0. The summed E-state index contributed by atoms with van der Waals surface area (Å²) in [6.45, 7) is 4.07. The highest BCUT2D eigenvalue weighted by Crippen LogP contribution is 2.21. The van der Waals surface area contributed by atoms with E-state index in [4.69, 9.17) is 5.11 Å². The highest BCUT2D eigenvalue weighted by molar-refractivity contribution is 5.85. The number of aliphatic carboxylic acids is 1. The van der Waals surface area contributed by atoms with Crippen LogP contribution < -0.4 is 0 Å². The van der Waals surface area contributed by atoms with Crippen LogP contribution in [0.4, 0.5) is 0 Å². The average Bonchev–Trinajstić information content (AvgIpc) is 2.46. The summed E-state index contributed by atoms with van der Waals surface area (Å²) in [5.74, 6) is -0.813. The molecule has 0 saturated heterocycles. The van der Waals surface area contributed by atoms with Crippen molar-refractivity contribution < 1.29 is 9.90 Å². The molecule has 0 aliphatic carbocycles. The van der Waals surface area contributed by atoms with E-state index in [1.54, 1.807) is 4.57 Å². The fourth-order valence-corrected chi connectivity index (χ4v) is 2.03. The summed E-state index contributed by atoms with van der Waals surface area (Å²) in [6, 6.07) is 6.10. The smallest absolute Gasteiger partial charge is 0.323 e. The second kappa shape index (κ2) is 3.42. The van der Waals surface area contributed by atoms with Crippen molar-refractivity contribution in [2.45, 2.75) is 20.4 Å². The summed E-state index contributed by atoms with van der Waals surface area (Å²) in [6.07, 6.45) is 1.82. The van der Waals surface area contributed by atoms with E-state index >= 15 is 0 Å². The first-order chi connectivity index (χ1) is 7.08. The molecule has 0 spiro atoms. The Labute approximate surface area is 87.9 Å². The van der Waals surface area contributed by atoms with Crippen molar-refractivity contribution in [2.75, 3.05) is 0 Å². The van der Waals surface area contributed by atoms with Crippen molar-refractivity contribution in [3.05, 3.63) is 35.5 Å². The van der Waals surface area contributed by atoms with Crippen LogP contribution in [-0.2, 0) is 11.3 Å². The Kier molecular flexibility index (Phi) is 2.23. The van der Waals surface area contributed by atoms with E-state index in [0.717, 1.165) is 16.5 Å². The summed E-state index contributed by atoms with van der Waals surface area (Å²) in [5.41, 5.74) is 3.34. The van der Waals surface area contributed by atoms with Crippen molar-refractivity contribution in [2.24, 2.45) is 0 Å². The van der Waals surface area contributed by atoms with E-state index in [-0.39, 0.29) is 6.54 Å². The third-order valence-corrected chi connectivity index (χ3v) is 2.50. The second-order valence-corrected chi connectivity index (χ2v) is 3.86. The van der Waals surface area contributed by atoms with Crippen molar-refractivity contribution in [1.29, 1.82) is 0 Å². The summed E-state index contributed by atoms with van der Waals surface area (Å²) < 4.78 is 1.77. The van der Waals surface area contributed by atoms with Gasteiger partial charge in [-0.25, -0.2) is 0 Å². The van der Waals surface area contributed by atoms with Gasteiger partial charge in [0.1, 0.15) is 6.54 Å². The number of hydrogen-bond donors (Lipinski definition) is 1. The van der Waals surface area contributed by atoms with Gasteiger partial charge in [-0.2, -0.15) is 0 Å². The van der Waals surface area contributed by atoms with E-state index < -0.39 is 5.97 Å². The Hall–Kier alpha value is -1.77. The molecule has 15 heavy (non-hydrogen) atoms. The molecule has 2 aromatic rings. The molecule has 0 aliphatic rings. The van der Waals surface area contributed by atoms with Gasteiger partial charge in [0.15, 0.2) is 0 Å². The molecule has 0 radical (unpaired) electrons. The minimum atomic E-state index is -0.813. The van der Waals surface area contributed by atoms with Gasteiger partial charge in [-0.3, -0.25) is 4.79 Å². The van der Waals surface area contributed by atoms with Crippen molar-refractivity contribution in [1.82, 2.24) is 4.57 Å². The van der Waals surface area contributed by atoms with Crippen LogP contribution in [0.1, 0.15) is 11.1 Å². The molecule has 3 heteroatoms. The van der Waals surface area contributed by atoms with Crippen molar-refractivity contribution in [3.8, 4) is 0 Å². The molecular weight excluding hydrogens is 190 g/mol. The number of fused-ring (bicyclic) bond motifs is 1. The van der Waals surface area contributed by atoms with Crippen molar-refractivity contribution >= 4 is 16.9 Å². The molecular formula is C12H13NO2. The van der Waals surface area contributed by atoms with Gasteiger partial charge in [0.2, 0.25) is 0 Å². The lowest BCUT2D eigenvalue weighted by Crippen LogP contribution is -2.07. The molecule has 2 rings (SSSR count). The number of benzene rings is 1. The van der Waals surface area contributed by atoms with E-state index in [9.17, 15) is 4.79 Å². The van der Waals surface area contributed by atoms with Crippen LogP contribution in [0.25, 0.3) is 10.9 Å². The lowest BCUT2D eigenvalue weighted by Gasteiger charge is -2.05. The maximum atomic E-state index is 10.7. The van der Waals surface area contributed by atoms with Crippen LogP contribution in [0.5, 0.6) is 0 Å². The molecule has 1 aromatic heterocycles. The molecule has 3 nitrogen and oxygen atoms in total. The topological polar surface area (TPSA) is 42.2 Å². The van der Waals surface area contributed by atoms with Gasteiger partial charge < -0.3 is 9.67 Å². The Morgan fingerprint density at radius 2 is 2.13 bits per heavy atom. The monoisotopic (exact) mass is 203 g/mol. The number of carboxylic acid groups (broad SMARTS) is 1. The fourth-order valence-electron chi connectivity index (χ4n) is 2.03. The SMILES string of the molecule is Cc1cc(C)c2c(ccn2CC(=O)O)c1. The number of carbonyl (C=O) groups is 1. The molecule has 0 saturated carbocycles. The van der Waals surface area contributed by atoms with E-state index in [2.05, 4.69) is 12.1 Å². The van der Waals surface area contributed by atoms with E-state index in [1.165, 1.54) is 5.56 Å². The minimum absolute atomic E-state index is 0.0212. The molecule has 0 fully saturated rings. The zero-order valence-electron chi connectivity index (χ0n) is 8.82. The molecule has 78 valence electrons. The quantitative estimate of drug-likeness (QED) is 0.814. The lowest BCUT2D eigenvalue weighted by atomic mass is 10.1. The third kappa shape index (κ3) is 1.73. The highest BCUT2D eigenvalue weighted by atomic mass is 16.4. The summed E-state index contributed by atoms with van der Waals surface area (Å²) in [4.78, 5) is 10.7.